The summed E-state index contributed by atoms with van der Waals surface area (Å²) in [6, 6.07) is 0. The van der Waals surface area contributed by atoms with E-state index in [0.29, 0.717) is 38.6 Å². The van der Waals surface area contributed by atoms with E-state index in [1.165, 1.54) is 26.5 Å². The highest BCUT2D eigenvalue weighted by Crippen LogP contribution is 2.67. The maximum Gasteiger partial charge on any atom is 0.354 e. The van der Waals surface area contributed by atoms with Gasteiger partial charge in [-0.25, -0.2) is 4.79 Å². The molecule has 0 amide bonds. The van der Waals surface area contributed by atoms with Crippen molar-refractivity contribution in [3.63, 3.8) is 0 Å². The molecule has 422 valence electrons. The first-order chi connectivity index (χ1) is 35.0. The third-order valence-electron chi connectivity index (χ3n) is 18.9. The largest absolute Gasteiger partial charge is 0.458 e. The van der Waals surface area contributed by atoms with Crippen LogP contribution in [0.1, 0.15) is 92.9 Å². The van der Waals surface area contributed by atoms with Crippen LogP contribution in [0.2, 0.25) is 0 Å². The number of aliphatic hydroxyl groups excluding tert-OH is 10. The van der Waals surface area contributed by atoms with Crippen molar-refractivity contribution in [2.45, 2.75) is 228 Å². The molecular formula is C51H81NO22. The first kappa shape index (κ1) is 56.8. The number of allylic oxidation sites excluding steroid dienone is 1. The second-order valence-electron chi connectivity index (χ2n) is 23.4. The quantitative estimate of drug-likeness (QED) is 0.0702. The van der Waals surface area contributed by atoms with Crippen molar-refractivity contribution in [2.24, 2.45) is 40.4 Å². The summed E-state index contributed by atoms with van der Waals surface area (Å²) in [4.78, 5) is 27.4. The average molecular weight is 1060 g/mol. The minimum atomic E-state index is -1.82. The molecule has 9 aliphatic rings. The van der Waals surface area contributed by atoms with Gasteiger partial charge >= 0.3 is 5.97 Å². The number of carbonyl (C=O) groups is 2. The van der Waals surface area contributed by atoms with Gasteiger partial charge in [-0.05, 0) is 100 Å². The van der Waals surface area contributed by atoms with Crippen LogP contribution in [0.25, 0.3) is 0 Å². The number of hydrogen-bond donors (Lipinski definition) is 11. The van der Waals surface area contributed by atoms with E-state index < -0.39 is 160 Å². The molecule has 11 N–H and O–H groups in total. The number of nitrogens with one attached hydrogen (secondary N) is 1. The fourth-order valence-corrected chi connectivity index (χ4v) is 14.6. The molecule has 5 saturated heterocycles. The van der Waals surface area contributed by atoms with Gasteiger partial charge < -0.3 is 98.4 Å². The fraction of sp³-hybridized carbons (Fsp3) is 0.922. The van der Waals surface area contributed by atoms with Crippen LogP contribution < -0.4 is 5.32 Å². The molecule has 9 rings (SSSR count). The van der Waals surface area contributed by atoms with Gasteiger partial charge in [-0.15, -0.1) is 0 Å². The Kier molecular flexibility index (Phi) is 16.9. The molecule has 74 heavy (non-hydrogen) atoms. The van der Waals surface area contributed by atoms with Gasteiger partial charge in [0.15, 0.2) is 25.2 Å². The number of esters is 1. The molecule has 0 aromatic heterocycles. The van der Waals surface area contributed by atoms with Crippen LogP contribution in [0.4, 0.5) is 0 Å². The van der Waals surface area contributed by atoms with Gasteiger partial charge in [-0.1, -0.05) is 32.4 Å². The molecule has 0 radical (unpaired) electrons. The second kappa shape index (κ2) is 22.0. The molecule has 8 fully saturated rings. The van der Waals surface area contributed by atoms with Crippen LogP contribution in [-0.4, -0.2) is 224 Å². The molecule has 0 aromatic rings. The van der Waals surface area contributed by atoms with Gasteiger partial charge in [0.05, 0.1) is 37.4 Å². The van der Waals surface area contributed by atoms with Gasteiger partial charge in [0.1, 0.15) is 91.2 Å². The van der Waals surface area contributed by atoms with Gasteiger partial charge in [0, 0.05) is 20.1 Å². The smallest absolute Gasteiger partial charge is 0.354 e. The van der Waals surface area contributed by atoms with Crippen molar-refractivity contribution in [3.8, 4) is 0 Å². The van der Waals surface area contributed by atoms with Crippen molar-refractivity contribution in [1.29, 1.82) is 0 Å². The Morgan fingerprint density at radius 3 is 2.03 bits per heavy atom. The van der Waals surface area contributed by atoms with E-state index in [2.05, 4.69) is 25.2 Å². The number of rotatable bonds is 13. The number of ketones is 1. The van der Waals surface area contributed by atoms with E-state index in [1.54, 1.807) is 6.92 Å². The number of ether oxygens (including phenoxy) is 10. The zero-order chi connectivity index (χ0) is 53.5. The summed E-state index contributed by atoms with van der Waals surface area (Å²) in [6.07, 6.45) is -23.6. The lowest BCUT2D eigenvalue weighted by Crippen LogP contribution is -2.67. The Hall–Kier alpha value is -1.92. The predicted octanol–water partition coefficient (Wildman–Crippen LogP) is -2.00. The number of carbonyl (C=O) groups excluding carboxylic acids is 2. The van der Waals surface area contributed by atoms with Gasteiger partial charge in [-0.3, -0.25) is 10.1 Å². The monoisotopic (exact) mass is 1060 g/mol. The molecular weight excluding hydrogens is 979 g/mol. The minimum absolute atomic E-state index is 0.0101. The van der Waals surface area contributed by atoms with Gasteiger partial charge in [0.25, 0.3) is 0 Å². The van der Waals surface area contributed by atoms with Crippen molar-refractivity contribution in [1.82, 2.24) is 5.32 Å². The predicted molar refractivity (Wildman–Crippen MR) is 250 cm³/mol. The first-order valence-electron chi connectivity index (χ1n) is 26.6. The summed E-state index contributed by atoms with van der Waals surface area (Å²) in [5, 5.41) is 112. The SMILES string of the molecule is CO[C@@]1(C(=O)O[C@H]2C[C@H]3[C@@H]4CC=C5C[C@@H](O[C@@H]6O[C@H](CO)[C@@H](O[C@@H]7O[C@@H](C)[C@H](O)[C@@H](O)[C@H]7O[C@@H]7OC[C@@H](O)[C@H](O)[C@H]7O)[C@H](O)[C@H]6O[C@@H]6O[C@@H](C)[C@H](O)[C@@H](O)[C@H]6O)CC[C@]5(C)[C@H]4CC[C@]3(C)[C@H]2C(C)=O)C[C@@H](C)CN1. The Morgan fingerprint density at radius 1 is 0.730 bits per heavy atom. The maximum atomic E-state index is 13.8. The summed E-state index contributed by atoms with van der Waals surface area (Å²) in [6.45, 7) is 10.4. The number of hydrogen-bond acceptors (Lipinski definition) is 23. The summed E-state index contributed by atoms with van der Waals surface area (Å²) in [5.41, 5.74) is -0.699. The van der Waals surface area contributed by atoms with Crippen LogP contribution in [0.3, 0.4) is 0 Å². The lowest BCUT2D eigenvalue weighted by Gasteiger charge is -2.58. The van der Waals surface area contributed by atoms with E-state index in [-0.39, 0.29) is 40.3 Å². The molecule has 0 unspecified atom stereocenters. The molecule has 0 aromatic carbocycles. The van der Waals surface area contributed by atoms with E-state index in [0.717, 1.165) is 19.3 Å². The van der Waals surface area contributed by atoms with E-state index >= 15 is 0 Å². The van der Waals surface area contributed by atoms with Crippen molar-refractivity contribution >= 4 is 11.8 Å². The lowest BCUT2D eigenvalue weighted by atomic mass is 9.47. The maximum absolute atomic E-state index is 13.8. The molecule has 23 nitrogen and oxygen atoms in total. The Bertz CT molecular complexity index is 2020. The van der Waals surface area contributed by atoms with E-state index in [4.69, 9.17) is 47.4 Å². The average Bonchev–Trinajstić information content (AvgIpc) is 3.91. The highest BCUT2D eigenvalue weighted by Gasteiger charge is 2.64. The molecule has 3 saturated carbocycles. The summed E-state index contributed by atoms with van der Waals surface area (Å²) in [5.74, 6) is -0.140. The Labute approximate surface area is 430 Å². The minimum Gasteiger partial charge on any atom is -0.458 e. The molecule has 5 aliphatic heterocycles. The molecule has 0 spiro atoms. The molecule has 0 bridgehead atoms. The highest BCUT2D eigenvalue weighted by atomic mass is 16.8. The Morgan fingerprint density at radius 2 is 1.36 bits per heavy atom. The van der Waals surface area contributed by atoms with Gasteiger partial charge in [-0.2, -0.15) is 0 Å². The normalized spacial score (nSPS) is 53.6. The van der Waals surface area contributed by atoms with Crippen LogP contribution >= 0.6 is 0 Å². The van der Waals surface area contributed by atoms with Crippen LogP contribution in [-0.2, 0) is 57.0 Å². The molecule has 5 heterocycles. The summed E-state index contributed by atoms with van der Waals surface area (Å²) < 4.78 is 60.7. The van der Waals surface area contributed by atoms with Crippen LogP contribution in [0, 0.1) is 40.4 Å². The van der Waals surface area contributed by atoms with E-state index in [9.17, 15) is 60.7 Å². The van der Waals surface area contributed by atoms with Crippen molar-refractivity contribution in [2.75, 3.05) is 26.9 Å². The number of methoxy groups -OCH3 is 1. The van der Waals surface area contributed by atoms with Crippen molar-refractivity contribution < 1.29 is 108 Å². The fourth-order valence-electron chi connectivity index (χ4n) is 14.6. The van der Waals surface area contributed by atoms with Crippen LogP contribution in [0.15, 0.2) is 11.6 Å². The molecule has 29 atom stereocenters. The molecule has 4 aliphatic carbocycles. The van der Waals surface area contributed by atoms with Crippen LogP contribution in [0.5, 0.6) is 0 Å². The zero-order valence-corrected chi connectivity index (χ0v) is 43.2. The number of aliphatic hydroxyl groups is 10. The summed E-state index contributed by atoms with van der Waals surface area (Å²) in [7, 11) is 1.50. The number of fused-ring (bicyclic) bond motifs is 5. The van der Waals surface area contributed by atoms with E-state index in [1.807, 2.05) is 6.92 Å². The Balaban J connectivity index is 0.934. The molecule has 23 heteroatoms. The topological polar surface area (TPSA) is 341 Å². The second-order valence-corrected chi connectivity index (χ2v) is 23.4. The van der Waals surface area contributed by atoms with Crippen molar-refractivity contribution in [3.05, 3.63) is 11.6 Å². The highest BCUT2D eigenvalue weighted by molar-refractivity contribution is 5.83. The zero-order valence-electron chi connectivity index (χ0n) is 43.2. The third kappa shape index (κ3) is 10.1. The number of Topliss-reactive ketones (excluding diaryl/α,β-unsaturated/α-hetero) is 1. The first-order valence-corrected chi connectivity index (χ1v) is 26.6. The summed E-state index contributed by atoms with van der Waals surface area (Å²) >= 11 is 0. The third-order valence-corrected chi connectivity index (χ3v) is 18.9. The van der Waals surface area contributed by atoms with Gasteiger partial charge in [0.2, 0.25) is 5.72 Å². The standard InChI is InChI=1S/C51H81NO22/c1-20-16-51(65-7,52-17-20)48(64)71-30-15-28-26-9-8-24-14-25(10-12-49(24,5)27(26)11-13-50(28,6)32(30)21(2)54)69-47-43(74-45-39(62)36(59)33(56)22(3)67-45)40(63)41(31(18-53)70-47)72-46-42(37(60)34(57)23(4)68-46)73-44-38(61)35(58)29(55)19-66-44/h8,20,22-23,25-47,52-53,55-63H,9-19H2,1-7H3/t20-,22+,23+,25+,26-,27+,28+,29-,30+,31-,32+,33+,34+,35+,36-,37-,38-,39-,40+,41-,42-,43-,44+,45+,46+,47-,49+,50+,51-/m1/s1. The lowest BCUT2D eigenvalue weighted by molar-refractivity contribution is -0.397.